The monoisotopic (exact) mass is 289 g/mol. The summed E-state index contributed by atoms with van der Waals surface area (Å²) in [7, 11) is 1.88. The van der Waals surface area contributed by atoms with E-state index in [0.717, 1.165) is 23.0 Å². The van der Waals surface area contributed by atoms with Crippen LogP contribution in [0.3, 0.4) is 0 Å². The van der Waals surface area contributed by atoms with Gasteiger partial charge in [-0.05, 0) is 38.5 Å². The molecule has 1 unspecified atom stereocenters. The van der Waals surface area contributed by atoms with E-state index in [-0.39, 0.29) is 17.9 Å². The summed E-state index contributed by atoms with van der Waals surface area (Å²) >= 11 is 0. The van der Waals surface area contributed by atoms with Crippen molar-refractivity contribution in [2.24, 2.45) is 13.0 Å². The number of fused-ring (bicyclic) bond motifs is 1. The number of rotatable bonds is 5. The van der Waals surface area contributed by atoms with Gasteiger partial charge in [0.1, 0.15) is 0 Å². The van der Waals surface area contributed by atoms with Gasteiger partial charge in [0.2, 0.25) is 11.8 Å². The van der Waals surface area contributed by atoms with Crippen molar-refractivity contribution >= 4 is 22.5 Å². The van der Waals surface area contributed by atoms with Crippen molar-refractivity contribution in [3.8, 4) is 5.88 Å². The summed E-state index contributed by atoms with van der Waals surface area (Å²) in [5, 5.41) is 8.24. The van der Waals surface area contributed by atoms with Crippen LogP contribution in [0.1, 0.15) is 34.1 Å². The fraction of sp³-hybridized carbons (Fsp3) is 0.500. The quantitative estimate of drug-likeness (QED) is 0.918. The largest absolute Gasteiger partial charge is 0.473 e. The third kappa shape index (κ3) is 3.35. The molecule has 1 N–H and O–H groups in total. The summed E-state index contributed by atoms with van der Waals surface area (Å²) in [6, 6.07) is 5.76. The maximum Gasteiger partial charge on any atom is 0.241 e. The molecule has 1 atom stereocenters. The Morgan fingerprint density at radius 2 is 2.10 bits per heavy atom. The summed E-state index contributed by atoms with van der Waals surface area (Å²) in [5.74, 6) is 0.634. The van der Waals surface area contributed by atoms with Crippen LogP contribution in [-0.4, -0.2) is 21.8 Å². The van der Waals surface area contributed by atoms with E-state index in [4.69, 9.17) is 4.74 Å². The number of carbonyl (C=O) groups excluding carboxylic acids is 1. The van der Waals surface area contributed by atoms with E-state index in [9.17, 15) is 4.79 Å². The van der Waals surface area contributed by atoms with Crippen molar-refractivity contribution in [2.45, 2.75) is 40.2 Å². The Morgan fingerprint density at radius 3 is 2.71 bits per heavy atom. The number of carbonyl (C=O) groups is 1. The number of aryl methyl sites for hydroxylation is 1. The van der Waals surface area contributed by atoms with Crippen LogP contribution in [0.4, 0.5) is 5.69 Å². The van der Waals surface area contributed by atoms with E-state index < -0.39 is 0 Å². The van der Waals surface area contributed by atoms with Gasteiger partial charge in [0.05, 0.1) is 17.0 Å². The molecule has 0 saturated carbocycles. The summed E-state index contributed by atoms with van der Waals surface area (Å²) in [4.78, 5) is 12.0. The molecule has 0 saturated heterocycles. The van der Waals surface area contributed by atoms with Crippen molar-refractivity contribution in [2.75, 3.05) is 5.32 Å². The Hall–Kier alpha value is -2.04. The minimum absolute atomic E-state index is 0.000907. The van der Waals surface area contributed by atoms with E-state index >= 15 is 0 Å². The van der Waals surface area contributed by atoms with Gasteiger partial charge < -0.3 is 10.1 Å². The molecule has 21 heavy (non-hydrogen) atoms. The third-order valence-corrected chi connectivity index (χ3v) is 3.49. The molecule has 0 aliphatic heterocycles. The van der Waals surface area contributed by atoms with E-state index in [1.54, 1.807) is 4.68 Å². The van der Waals surface area contributed by atoms with Gasteiger partial charge in [-0.15, -0.1) is 5.10 Å². The lowest BCUT2D eigenvalue weighted by Crippen LogP contribution is -2.19. The normalized spacial score (nSPS) is 12.7. The zero-order valence-electron chi connectivity index (χ0n) is 13.3. The lowest BCUT2D eigenvalue weighted by atomic mass is 10.1. The number of amides is 1. The number of nitrogens with zero attached hydrogens (tertiary/aromatic N) is 2. The number of ether oxygens (including phenoxy) is 1. The van der Waals surface area contributed by atoms with Crippen LogP contribution >= 0.6 is 0 Å². The van der Waals surface area contributed by atoms with Gasteiger partial charge in [-0.25, -0.2) is 0 Å². The Bertz CT molecular complexity index is 646. The molecule has 0 aliphatic rings. The second kappa shape index (κ2) is 6.16. The summed E-state index contributed by atoms with van der Waals surface area (Å²) in [6.07, 6.45) is 0.879. The molecule has 1 heterocycles. The molecule has 0 aliphatic carbocycles. The smallest absolute Gasteiger partial charge is 0.241 e. The summed E-state index contributed by atoms with van der Waals surface area (Å²) in [6.45, 7) is 7.86. The molecule has 0 spiro atoms. The van der Waals surface area contributed by atoms with Gasteiger partial charge in [0.15, 0.2) is 0 Å². The van der Waals surface area contributed by atoms with Crippen molar-refractivity contribution in [1.29, 1.82) is 0 Å². The predicted octanol–water partition coefficient (Wildman–Crippen LogP) is 3.35. The maximum absolute atomic E-state index is 12.0. The van der Waals surface area contributed by atoms with Crippen LogP contribution in [0.2, 0.25) is 0 Å². The number of hydrogen-bond acceptors (Lipinski definition) is 3. The van der Waals surface area contributed by atoms with Gasteiger partial charge in [-0.2, -0.15) is 0 Å². The third-order valence-electron chi connectivity index (χ3n) is 3.49. The first-order chi connectivity index (χ1) is 9.92. The summed E-state index contributed by atoms with van der Waals surface area (Å²) < 4.78 is 7.52. The molecule has 114 valence electrons. The zero-order valence-corrected chi connectivity index (χ0v) is 13.3. The van der Waals surface area contributed by atoms with Crippen molar-refractivity contribution in [3.63, 3.8) is 0 Å². The van der Waals surface area contributed by atoms with E-state index in [0.29, 0.717) is 5.88 Å². The fourth-order valence-corrected chi connectivity index (χ4v) is 2.07. The van der Waals surface area contributed by atoms with Crippen LogP contribution in [0.15, 0.2) is 18.2 Å². The minimum atomic E-state index is 0.000907. The highest BCUT2D eigenvalue weighted by Gasteiger charge is 2.14. The van der Waals surface area contributed by atoms with Crippen LogP contribution in [0.5, 0.6) is 5.88 Å². The molecule has 1 aromatic carbocycles. The Morgan fingerprint density at radius 1 is 1.38 bits per heavy atom. The van der Waals surface area contributed by atoms with E-state index in [2.05, 4.69) is 10.4 Å². The average Bonchev–Trinajstić information content (AvgIpc) is 2.73. The first-order valence-corrected chi connectivity index (χ1v) is 7.36. The standard InChI is InChI=1S/C16H23N3O2/c1-6-11(4)15(20)17-12-7-8-14-13(9-12)16(18-19(14)5)21-10(2)3/h7-11H,6H2,1-5H3,(H,17,20). The molecule has 0 radical (unpaired) electrons. The van der Waals surface area contributed by atoms with Crippen LogP contribution in [0, 0.1) is 5.92 Å². The van der Waals surface area contributed by atoms with Crippen LogP contribution in [-0.2, 0) is 11.8 Å². The van der Waals surface area contributed by atoms with Gasteiger partial charge in [-0.1, -0.05) is 13.8 Å². The molecule has 2 aromatic rings. The molecular formula is C16H23N3O2. The lowest BCUT2D eigenvalue weighted by Gasteiger charge is -2.10. The number of hydrogen-bond donors (Lipinski definition) is 1. The first-order valence-electron chi connectivity index (χ1n) is 7.36. The van der Waals surface area contributed by atoms with E-state index in [1.165, 1.54) is 0 Å². The van der Waals surface area contributed by atoms with Gasteiger partial charge in [0.25, 0.3) is 0 Å². The first kappa shape index (κ1) is 15.4. The second-order valence-corrected chi connectivity index (χ2v) is 5.63. The second-order valence-electron chi connectivity index (χ2n) is 5.63. The number of benzene rings is 1. The SMILES string of the molecule is CCC(C)C(=O)Nc1ccc2c(c1)c(OC(C)C)nn2C. The predicted molar refractivity (Wildman–Crippen MR) is 84.6 cm³/mol. The average molecular weight is 289 g/mol. The Balaban J connectivity index is 2.33. The zero-order chi connectivity index (χ0) is 15.6. The molecular weight excluding hydrogens is 266 g/mol. The van der Waals surface area contributed by atoms with Crippen LogP contribution in [0.25, 0.3) is 10.9 Å². The molecule has 2 rings (SSSR count). The molecule has 1 aromatic heterocycles. The number of anilines is 1. The Kier molecular flexibility index (Phi) is 4.50. The van der Waals surface area contributed by atoms with Gasteiger partial charge in [-0.3, -0.25) is 9.48 Å². The van der Waals surface area contributed by atoms with Crippen molar-refractivity contribution in [3.05, 3.63) is 18.2 Å². The van der Waals surface area contributed by atoms with E-state index in [1.807, 2.05) is 52.9 Å². The molecule has 1 amide bonds. The molecule has 5 heteroatoms. The van der Waals surface area contributed by atoms with Crippen LogP contribution < -0.4 is 10.1 Å². The summed E-state index contributed by atoms with van der Waals surface area (Å²) in [5.41, 5.74) is 1.75. The highest BCUT2D eigenvalue weighted by molar-refractivity contribution is 5.96. The van der Waals surface area contributed by atoms with Gasteiger partial charge >= 0.3 is 0 Å². The molecule has 0 fully saturated rings. The van der Waals surface area contributed by atoms with Crippen molar-refractivity contribution in [1.82, 2.24) is 9.78 Å². The highest BCUT2D eigenvalue weighted by Crippen LogP contribution is 2.28. The number of aromatic nitrogens is 2. The lowest BCUT2D eigenvalue weighted by molar-refractivity contribution is -0.119. The topological polar surface area (TPSA) is 56.1 Å². The number of nitrogens with one attached hydrogen (secondary N) is 1. The maximum atomic E-state index is 12.0. The Labute approximate surface area is 125 Å². The molecule has 0 bridgehead atoms. The van der Waals surface area contributed by atoms with Crippen molar-refractivity contribution < 1.29 is 9.53 Å². The minimum Gasteiger partial charge on any atom is -0.473 e. The molecule has 5 nitrogen and oxygen atoms in total. The highest BCUT2D eigenvalue weighted by atomic mass is 16.5. The van der Waals surface area contributed by atoms with Gasteiger partial charge in [0, 0.05) is 18.7 Å². The fourth-order valence-electron chi connectivity index (χ4n) is 2.07.